The quantitative estimate of drug-likeness (QED) is 0.348. The van der Waals surface area contributed by atoms with Gasteiger partial charge in [0.1, 0.15) is 6.10 Å². The van der Waals surface area contributed by atoms with Gasteiger partial charge in [-0.15, -0.1) is 10.1 Å². The van der Waals surface area contributed by atoms with Crippen molar-refractivity contribution in [1.29, 1.82) is 0 Å². The molecular formula is C21H20ClN5O5. The third-order valence-electron chi connectivity index (χ3n) is 5.68. The lowest BCUT2D eigenvalue weighted by Gasteiger charge is -2.31. The van der Waals surface area contributed by atoms with E-state index >= 15 is 0 Å². The smallest absolute Gasteiger partial charge is 0.294 e. The van der Waals surface area contributed by atoms with E-state index in [1.807, 2.05) is 29.2 Å². The summed E-state index contributed by atoms with van der Waals surface area (Å²) in [7, 11) is 0. The topological polar surface area (TPSA) is 126 Å². The Hall–Kier alpha value is -3.53. The van der Waals surface area contributed by atoms with Crippen molar-refractivity contribution in [3.8, 4) is 11.5 Å². The van der Waals surface area contributed by atoms with E-state index in [1.165, 1.54) is 0 Å². The van der Waals surface area contributed by atoms with Gasteiger partial charge in [0.25, 0.3) is 5.09 Å². The van der Waals surface area contributed by atoms with Gasteiger partial charge in [0.15, 0.2) is 11.5 Å². The second kappa shape index (κ2) is 8.19. The van der Waals surface area contributed by atoms with Crippen molar-refractivity contribution in [2.24, 2.45) is 0 Å². The first-order valence-electron chi connectivity index (χ1n) is 10.2. The number of benzene rings is 2. The molecule has 3 heterocycles. The molecule has 2 aromatic carbocycles. The summed E-state index contributed by atoms with van der Waals surface area (Å²) < 4.78 is 10.9. The zero-order chi connectivity index (χ0) is 22.2. The zero-order valence-corrected chi connectivity index (χ0v) is 17.7. The lowest BCUT2D eigenvalue weighted by molar-refractivity contribution is -0.769. The average molecular weight is 458 g/mol. The Kier molecular flexibility index (Phi) is 5.22. The fourth-order valence-electron chi connectivity index (χ4n) is 4.08. The molecule has 1 fully saturated rings. The fourth-order valence-corrected chi connectivity index (χ4v) is 4.24. The van der Waals surface area contributed by atoms with E-state index in [-0.39, 0.29) is 6.79 Å². The molecule has 32 heavy (non-hydrogen) atoms. The summed E-state index contributed by atoms with van der Waals surface area (Å²) in [6.07, 6.45) is 1.11. The summed E-state index contributed by atoms with van der Waals surface area (Å²) in [5, 5.41) is 11.0. The summed E-state index contributed by atoms with van der Waals surface area (Å²) in [4.78, 5) is 26.9. The number of aromatic nitrogens is 2. The fraction of sp³-hybridized carbons (Fsp3) is 0.333. The molecule has 2 aliphatic heterocycles. The molecule has 1 saturated heterocycles. The summed E-state index contributed by atoms with van der Waals surface area (Å²) >= 11 is 6.29. The van der Waals surface area contributed by atoms with Crippen molar-refractivity contribution in [3.63, 3.8) is 0 Å². The SMILES string of the molecule is Nc1c(Cl)ccc2nc(N3CCC(O[N+](=O)[O-])CC3)nc(Cc3ccc4c(c3)OCO4)c12. The van der Waals surface area contributed by atoms with Gasteiger partial charge in [0, 0.05) is 24.9 Å². The van der Waals surface area contributed by atoms with Crippen LogP contribution in [0, 0.1) is 10.1 Å². The third kappa shape index (κ3) is 3.89. The van der Waals surface area contributed by atoms with Gasteiger partial charge in [-0.25, -0.2) is 9.97 Å². The minimum Gasteiger partial charge on any atom is -0.454 e. The number of anilines is 2. The first-order chi connectivity index (χ1) is 15.5. The molecule has 0 radical (unpaired) electrons. The normalized spacial score (nSPS) is 15.8. The van der Waals surface area contributed by atoms with Crippen LogP contribution in [-0.2, 0) is 11.3 Å². The second-order valence-electron chi connectivity index (χ2n) is 7.71. The molecule has 0 amide bonds. The van der Waals surface area contributed by atoms with Crippen LogP contribution in [0.25, 0.3) is 10.9 Å². The number of halogens is 1. The van der Waals surface area contributed by atoms with Gasteiger partial charge in [-0.2, -0.15) is 0 Å². The molecule has 2 aliphatic rings. The molecule has 5 rings (SSSR count). The van der Waals surface area contributed by atoms with E-state index in [2.05, 4.69) is 0 Å². The van der Waals surface area contributed by atoms with Crippen molar-refractivity contribution < 1.29 is 19.4 Å². The maximum Gasteiger partial charge on any atom is 0.294 e. The highest BCUT2D eigenvalue weighted by Crippen LogP contribution is 2.36. The van der Waals surface area contributed by atoms with Crippen molar-refractivity contribution in [3.05, 3.63) is 56.7 Å². The van der Waals surface area contributed by atoms with Gasteiger partial charge in [0.2, 0.25) is 12.7 Å². The molecule has 1 aromatic heterocycles. The summed E-state index contributed by atoms with van der Waals surface area (Å²) in [6.45, 7) is 1.31. The van der Waals surface area contributed by atoms with Crippen LogP contribution in [0.5, 0.6) is 11.5 Å². The second-order valence-corrected chi connectivity index (χ2v) is 8.11. The molecule has 0 bridgehead atoms. The molecule has 10 nitrogen and oxygen atoms in total. The standard InChI is InChI=1S/C21H20ClN5O5/c22-14-2-3-15-19(20(14)23)16(9-12-1-4-17-18(10-12)31-11-30-17)25-21(24-15)26-7-5-13(6-8-26)32-27(28)29/h1-4,10,13H,5-9,11,23H2. The van der Waals surface area contributed by atoms with Crippen LogP contribution in [-0.4, -0.2) is 41.0 Å². The monoisotopic (exact) mass is 457 g/mol. The van der Waals surface area contributed by atoms with Crippen LogP contribution in [0.3, 0.4) is 0 Å². The lowest BCUT2D eigenvalue weighted by Crippen LogP contribution is -2.38. The zero-order valence-electron chi connectivity index (χ0n) is 17.0. The molecule has 3 aromatic rings. The molecule has 166 valence electrons. The minimum absolute atomic E-state index is 0.206. The van der Waals surface area contributed by atoms with Crippen LogP contribution in [0.1, 0.15) is 24.1 Å². The van der Waals surface area contributed by atoms with Crippen LogP contribution in [0.4, 0.5) is 11.6 Å². The highest BCUT2D eigenvalue weighted by Gasteiger charge is 2.25. The molecule has 0 aliphatic carbocycles. The molecule has 0 spiro atoms. The van der Waals surface area contributed by atoms with Crippen LogP contribution in [0.2, 0.25) is 5.02 Å². The summed E-state index contributed by atoms with van der Waals surface area (Å²) in [5.74, 6) is 1.96. The highest BCUT2D eigenvalue weighted by molar-refractivity contribution is 6.34. The molecule has 0 saturated carbocycles. The van der Waals surface area contributed by atoms with Gasteiger partial charge in [0.05, 0.1) is 21.9 Å². The Labute approximate surface area is 188 Å². The van der Waals surface area contributed by atoms with Crippen LogP contribution < -0.4 is 20.1 Å². The molecule has 0 atom stereocenters. The highest BCUT2D eigenvalue weighted by atomic mass is 35.5. The number of nitrogens with zero attached hydrogens (tertiary/aromatic N) is 4. The van der Waals surface area contributed by atoms with Gasteiger partial charge in [-0.1, -0.05) is 17.7 Å². The number of nitrogens with two attached hydrogens (primary N) is 1. The van der Waals surface area contributed by atoms with Crippen molar-refractivity contribution in [2.75, 3.05) is 30.5 Å². The number of nitrogen functional groups attached to an aromatic ring is 1. The van der Waals surface area contributed by atoms with Crippen molar-refractivity contribution in [2.45, 2.75) is 25.4 Å². The van der Waals surface area contributed by atoms with Gasteiger partial charge in [-0.05, 0) is 42.7 Å². The van der Waals surface area contributed by atoms with Gasteiger partial charge in [-0.3, -0.25) is 0 Å². The van der Waals surface area contributed by atoms with E-state index < -0.39 is 11.2 Å². The van der Waals surface area contributed by atoms with E-state index in [4.69, 9.17) is 41.6 Å². The van der Waals surface area contributed by atoms with Crippen LogP contribution in [0.15, 0.2) is 30.3 Å². The minimum atomic E-state index is -0.733. The maximum atomic E-state index is 10.6. The van der Waals surface area contributed by atoms with Gasteiger partial charge < -0.3 is 24.9 Å². The van der Waals surface area contributed by atoms with E-state index in [0.29, 0.717) is 71.4 Å². The van der Waals surface area contributed by atoms with Gasteiger partial charge >= 0.3 is 0 Å². The third-order valence-corrected chi connectivity index (χ3v) is 6.01. The summed E-state index contributed by atoms with van der Waals surface area (Å²) in [6, 6.07) is 9.31. The first kappa shape index (κ1) is 20.4. The number of hydrogen-bond donors (Lipinski definition) is 1. The Balaban J connectivity index is 1.49. The predicted octanol–water partition coefficient (Wildman–Crippen LogP) is 3.36. The largest absolute Gasteiger partial charge is 0.454 e. The number of ether oxygens (including phenoxy) is 2. The van der Waals surface area contributed by atoms with Crippen LogP contribution >= 0.6 is 11.6 Å². The van der Waals surface area contributed by atoms with E-state index in [0.717, 1.165) is 11.3 Å². The lowest BCUT2D eigenvalue weighted by atomic mass is 10.0. The Bertz CT molecular complexity index is 1200. The van der Waals surface area contributed by atoms with E-state index in [9.17, 15) is 10.1 Å². The predicted molar refractivity (Wildman–Crippen MR) is 118 cm³/mol. The van der Waals surface area contributed by atoms with Crippen molar-refractivity contribution >= 4 is 34.1 Å². The Morgan fingerprint density at radius 3 is 2.75 bits per heavy atom. The van der Waals surface area contributed by atoms with E-state index in [1.54, 1.807) is 6.07 Å². The molecule has 2 N–H and O–H groups in total. The molecule has 0 unspecified atom stereocenters. The average Bonchev–Trinajstić information content (AvgIpc) is 3.24. The number of piperidine rings is 1. The first-order valence-corrected chi connectivity index (χ1v) is 10.5. The number of hydrogen-bond acceptors (Lipinski definition) is 9. The molecular weight excluding hydrogens is 438 g/mol. The van der Waals surface area contributed by atoms with Crippen molar-refractivity contribution in [1.82, 2.24) is 9.97 Å². The molecule has 11 heteroatoms. The summed E-state index contributed by atoms with van der Waals surface area (Å²) in [5.41, 5.74) is 9.16. The number of fused-ring (bicyclic) bond motifs is 2. The Morgan fingerprint density at radius 1 is 1.19 bits per heavy atom. The maximum absolute atomic E-state index is 10.6. The number of rotatable bonds is 5. The Morgan fingerprint density at radius 2 is 1.97 bits per heavy atom.